The highest BCUT2D eigenvalue weighted by atomic mass is 32.2. The van der Waals surface area contributed by atoms with Gasteiger partial charge in [-0.05, 0) is 50.1 Å². The van der Waals surface area contributed by atoms with Crippen LogP contribution in [0.1, 0.15) is 31.7 Å². The lowest BCUT2D eigenvalue weighted by atomic mass is 10.2. The number of hydrogen-bond acceptors (Lipinski definition) is 6. The minimum atomic E-state index is -3.66. The van der Waals surface area contributed by atoms with Gasteiger partial charge in [0.25, 0.3) is 5.91 Å². The molecule has 2 aromatic rings. The second kappa shape index (κ2) is 9.81. The first-order chi connectivity index (χ1) is 14.9. The molecule has 1 fully saturated rings. The molecule has 9 heteroatoms. The molecule has 0 spiro atoms. The van der Waals surface area contributed by atoms with Crippen LogP contribution in [-0.4, -0.2) is 44.9 Å². The second-order valence-corrected chi connectivity index (χ2v) is 9.12. The number of nitrogens with zero attached hydrogens (tertiary/aromatic N) is 2. The van der Waals surface area contributed by atoms with Crippen molar-refractivity contribution in [3.05, 3.63) is 48.0 Å². The molecule has 1 heterocycles. The molecule has 3 rings (SSSR count). The Morgan fingerprint density at radius 1 is 1.13 bits per heavy atom. The van der Waals surface area contributed by atoms with Crippen LogP contribution in [0.5, 0.6) is 11.5 Å². The molecule has 31 heavy (non-hydrogen) atoms. The molecule has 1 aliphatic heterocycles. The first kappa shape index (κ1) is 22.6. The molecule has 1 N–H and O–H groups in total. The van der Waals surface area contributed by atoms with Gasteiger partial charge in [-0.2, -0.15) is 9.57 Å². The van der Waals surface area contributed by atoms with E-state index in [2.05, 4.69) is 5.32 Å². The van der Waals surface area contributed by atoms with E-state index in [4.69, 9.17) is 9.47 Å². The third-order valence-electron chi connectivity index (χ3n) is 5.06. The van der Waals surface area contributed by atoms with Crippen LogP contribution in [-0.2, 0) is 14.8 Å². The number of anilines is 1. The first-order valence-electron chi connectivity index (χ1n) is 10.0. The maximum absolute atomic E-state index is 13.0. The maximum Gasteiger partial charge on any atom is 0.265 e. The lowest BCUT2D eigenvalue weighted by Crippen LogP contribution is -2.35. The number of sulfonamides is 1. The molecule has 1 saturated heterocycles. The lowest BCUT2D eigenvalue weighted by molar-refractivity contribution is -0.122. The highest BCUT2D eigenvalue weighted by Gasteiger charge is 2.27. The first-order valence-corrected chi connectivity index (χ1v) is 11.5. The van der Waals surface area contributed by atoms with E-state index in [1.165, 1.54) is 29.6 Å². The van der Waals surface area contributed by atoms with Crippen LogP contribution in [0.4, 0.5) is 5.69 Å². The number of piperidine rings is 1. The molecule has 0 aliphatic carbocycles. The quantitative estimate of drug-likeness (QED) is 0.704. The van der Waals surface area contributed by atoms with E-state index < -0.39 is 22.0 Å². The smallest absolute Gasteiger partial charge is 0.265 e. The van der Waals surface area contributed by atoms with Crippen molar-refractivity contribution in [1.29, 1.82) is 5.26 Å². The van der Waals surface area contributed by atoms with Crippen LogP contribution in [0, 0.1) is 11.3 Å². The fourth-order valence-electron chi connectivity index (χ4n) is 3.34. The molecule has 1 aliphatic rings. The molecular formula is C22H25N3O5S. The van der Waals surface area contributed by atoms with Gasteiger partial charge in [0.1, 0.15) is 17.6 Å². The number of amides is 1. The van der Waals surface area contributed by atoms with Crippen molar-refractivity contribution >= 4 is 21.6 Å². The lowest BCUT2D eigenvalue weighted by Gasteiger charge is -2.26. The third-order valence-corrected chi connectivity index (χ3v) is 6.96. The summed E-state index contributed by atoms with van der Waals surface area (Å²) in [5.74, 6) is 0.121. The zero-order chi connectivity index (χ0) is 22.4. The number of para-hydroxylation sites is 1. The number of nitrogens with one attached hydrogen (secondary N) is 1. The van der Waals surface area contributed by atoms with E-state index in [1.54, 1.807) is 31.2 Å². The summed E-state index contributed by atoms with van der Waals surface area (Å²) in [5.41, 5.74) is 0.545. The Labute approximate surface area is 182 Å². The summed E-state index contributed by atoms with van der Waals surface area (Å²) in [5, 5.41) is 11.9. The standard InChI is InChI=1S/C22H25N3O5S/c1-16(30-20-9-5-4-8-17(20)15-23)22(26)24-19-14-18(10-11-21(19)29-2)31(27,28)25-12-6-3-7-13-25/h4-5,8-11,14,16H,3,6-7,12-13H2,1-2H3,(H,24,26). The molecule has 1 amide bonds. The van der Waals surface area contributed by atoms with Crippen LogP contribution < -0.4 is 14.8 Å². The number of methoxy groups -OCH3 is 1. The second-order valence-electron chi connectivity index (χ2n) is 7.18. The van der Waals surface area contributed by atoms with Crippen LogP contribution in [0.2, 0.25) is 0 Å². The summed E-state index contributed by atoms with van der Waals surface area (Å²) < 4.78 is 38.4. The minimum Gasteiger partial charge on any atom is -0.495 e. The minimum absolute atomic E-state index is 0.0916. The zero-order valence-electron chi connectivity index (χ0n) is 17.5. The molecule has 0 radical (unpaired) electrons. The summed E-state index contributed by atoms with van der Waals surface area (Å²) >= 11 is 0. The van der Waals surface area contributed by atoms with Crippen molar-refractivity contribution in [3.8, 4) is 17.6 Å². The van der Waals surface area contributed by atoms with Crippen molar-refractivity contribution in [1.82, 2.24) is 4.31 Å². The molecule has 0 aromatic heterocycles. The number of carbonyl (C=O) groups excluding carboxylic acids is 1. The normalized spacial score (nSPS) is 15.5. The van der Waals surface area contributed by atoms with Gasteiger partial charge in [-0.3, -0.25) is 4.79 Å². The highest BCUT2D eigenvalue weighted by Crippen LogP contribution is 2.30. The number of ether oxygens (including phenoxy) is 2. The summed E-state index contributed by atoms with van der Waals surface area (Å²) in [6.45, 7) is 2.52. The predicted octanol–water partition coefficient (Wildman–Crippen LogP) is 3.15. The molecule has 164 valence electrons. The van der Waals surface area contributed by atoms with E-state index in [1.807, 2.05) is 6.07 Å². The van der Waals surface area contributed by atoms with Gasteiger partial charge >= 0.3 is 0 Å². The number of benzene rings is 2. The molecule has 8 nitrogen and oxygen atoms in total. The Kier molecular flexibility index (Phi) is 7.15. The Balaban J connectivity index is 1.80. The summed E-state index contributed by atoms with van der Waals surface area (Å²) in [7, 11) is -2.23. The summed E-state index contributed by atoms with van der Waals surface area (Å²) in [6, 6.07) is 13.0. The van der Waals surface area contributed by atoms with Crippen LogP contribution in [0.25, 0.3) is 0 Å². The van der Waals surface area contributed by atoms with Gasteiger partial charge < -0.3 is 14.8 Å². The van der Waals surface area contributed by atoms with E-state index in [0.29, 0.717) is 30.2 Å². The van der Waals surface area contributed by atoms with Crippen molar-refractivity contribution < 1.29 is 22.7 Å². The van der Waals surface area contributed by atoms with Crippen molar-refractivity contribution in [2.75, 3.05) is 25.5 Å². The van der Waals surface area contributed by atoms with Gasteiger partial charge in [0, 0.05) is 13.1 Å². The topological polar surface area (TPSA) is 109 Å². The van der Waals surface area contributed by atoms with E-state index in [0.717, 1.165) is 19.3 Å². The van der Waals surface area contributed by atoms with Crippen molar-refractivity contribution in [2.24, 2.45) is 0 Å². The van der Waals surface area contributed by atoms with Crippen LogP contribution in [0.3, 0.4) is 0 Å². The largest absolute Gasteiger partial charge is 0.495 e. The van der Waals surface area contributed by atoms with Gasteiger partial charge in [-0.1, -0.05) is 18.6 Å². The van der Waals surface area contributed by atoms with Crippen LogP contribution >= 0.6 is 0 Å². The molecule has 1 atom stereocenters. The molecule has 1 unspecified atom stereocenters. The molecular weight excluding hydrogens is 418 g/mol. The van der Waals surface area contributed by atoms with Gasteiger partial charge in [0.05, 0.1) is 23.3 Å². The van der Waals surface area contributed by atoms with Gasteiger partial charge in [-0.15, -0.1) is 0 Å². The highest BCUT2D eigenvalue weighted by molar-refractivity contribution is 7.89. The van der Waals surface area contributed by atoms with Gasteiger partial charge in [0.2, 0.25) is 10.0 Å². The van der Waals surface area contributed by atoms with Crippen molar-refractivity contribution in [3.63, 3.8) is 0 Å². The Hall–Kier alpha value is -3.09. The fourth-order valence-corrected chi connectivity index (χ4v) is 4.88. The van der Waals surface area contributed by atoms with Gasteiger partial charge in [0.15, 0.2) is 6.10 Å². The third kappa shape index (κ3) is 5.16. The Bertz CT molecular complexity index is 1090. The molecule has 2 aromatic carbocycles. The van der Waals surface area contributed by atoms with Crippen LogP contribution in [0.15, 0.2) is 47.4 Å². The average Bonchev–Trinajstić information content (AvgIpc) is 2.79. The van der Waals surface area contributed by atoms with Gasteiger partial charge in [-0.25, -0.2) is 8.42 Å². The summed E-state index contributed by atoms with van der Waals surface area (Å²) in [6.07, 6.45) is 1.75. The number of rotatable bonds is 7. The maximum atomic E-state index is 13.0. The average molecular weight is 444 g/mol. The number of hydrogen-bond donors (Lipinski definition) is 1. The Morgan fingerprint density at radius 2 is 1.84 bits per heavy atom. The zero-order valence-corrected chi connectivity index (χ0v) is 18.3. The molecule has 0 saturated carbocycles. The fraction of sp³-hybridized carbons (Fsp3) is 0.364. The van der Waals surface area contributed by atoms with E-state index >= 15 is 0 Å². The molecule has 0 bridgehead atoms. The predicted molar refractivity (Wildman–Crippen MR) is 115 cm³/mol. The SMILES string of the molecule is COc1ccc(S(=O)(=O)N2CCCCC2)cc1NC(=O)C(C)Oc1ccccc1C#N. The van der Waals surface area contributed by atoms with Crippen molar-refractivity contribution in [2.45, 2.75) is 37.2 Å². The monoisotopic (exact) mass is 443 g/mol. The number of nitriles is 1. The number of carbonyl (C=O) groups is 1. The van der Waals surface area contributed by atoms with E-state index in [-0.39, 0.29) is 10.6 Å². The summed E-state index contributed by atoms with van der Waals surface area (Å²) in [4.78, 5) is 12.8. The van der Waals surface area contributed by atoms with E-state index in [9.17, 15) is 18.5 Å². The Morgan fingerprint density at radius 3 is 2.52 bits per heavy atom.